The lowest BCUT2D eigenvalue weighted by molar-refractivity contribution is -0.131. The quantitative estimate of drug-likeness (QED) is 0.730. The van der Waals surface area contributed by atoms with Gasteiger partial charge in [-0.1, -0.05) is 25.8 Å². The zero-order valence-electron chi connectivity index (χ0n) is 11.5. The summed E-state index contributed by atoms with van der Waals surface area (Å²) in [5.41, 5.74) is 0. The molecule has 2 saturated heterocycles. The van der Waals surface area contributed by atoms with Crippen molar-refractivity contribution >= 4 is 11.9 Å². The van der Waals surface area contributed by atoms with Gasteiger partial charge >= 0.3 is 0 Å². The molecule has 5 heteroatoms. The number of alkyl halides is 2. The molecule has 0 saturated carbocycles. The molecule has 2 nitrogen and oxygen atoms in total. The van der Waals surface area contributed by atoms with Gasteiger partial charge in [-0.05, 0) is 31.6 Å². The molecule has 0 amide bonds. The fraction of sp³-hybridized carbons (Fsp3) is 1.00. The highest BCUT2D eigenvalue weighted by atomic mass is 32.2. The average molecular weight is 278 g/mol. The van der Waals surface area contributed by atoms with Crippen molar-refractivity contribution in [1.29, 1.82) is 0 Å². The van der Waals surface area contributed by atoms with E-state index in [1.807, 2.05) is 25.0 Å². The van der Waals surface area contributed by atoms with E-state index in [4.69, 9.17) is 0 Å². The summed E-state index contributed by atoms with van der Waals surface area (Å²) in [6, 6.07) is 0.350. The summed E-state index contributed by atoms with van der Waals surface area (Å²) in [5.74, 6) is -2.55. The van der Waals surface area contributed by atoms with E-state index in [9.17, 15) is 8.78 Å². The molecule has 18 heavy (non-hydrogen) atoms. The van der Waals surface area contributed by atoms with Crippen molar-refractivity contribution < 1.29 is 8.78 Å². The van der Waals surface area contributed by atoms with Crippen LogP contribution in [0.2, 0.25) is 0 Å². The fourth-order valence-electron chi connectivity index (χ4n) is 2.98. The minimum Gasteiger partial charge on any atom is -0.292 e. The number of hydrogen-bond donors (Lipinski definition) is 0. The highest BCUT2D eigenvalue weighted by Gasteiger charge is 2.47. The largest absolute Gasteiger partial charge is 0.292 e. The third-order valence-electron chi connectivity index (χ3n) is 4.14. The number of likely N-dealkylation sites (tertiary alicyclic amines) is 1. The first-order valence-electron chi connectivity index (χ1n) is 6.83. The predicted molar refractivity (Wildman–Crippen MR) is 73.0 cm³/mol. The number of piperidine rings is 1. The van der Waals surface area contributed by atoms with Gasteiger partial charge in [-0.25, -0.2) is 13.1 Å². The molecule has 0 aromatic carbocycles. The maximum atomic E-state index is 14.1. The Hall–Kier alpha value is 0.130. The van der Waals surface area contributed by atoms with Crippen LogP contribution in [0.3, 0.4) is 0 Å². The van der Waals surface area contributed by atoms with Crippen molar-refractivity contribution in [3.8, 4) is 0 Å². The molecule has 0 bridgehead atoms. The summed E-state index contributed by atoms with van der Waals surface area (Å²) < 4.78 is 30.5. The summed E-state index contributed by atoms with van der Waals surface area (Å²) in [6.45, 7) is 6.75. The van der Waals surface area contributed by atoms with Crippen molar-refractivity contribution in [1.82, 2.24) is 9.21 Å². The Bertz CT molecular complexity index is 280. The van der Waals surface area contributed by atoms with Gasteiger partial charge < -0.3 is 0 Å². The van der Waals surface area contributed by atoms with Gasteiger partial charge in [-0.15, -0.1) is 0 Å². The van der Waals surface area contributed by atoms with Crippen molar-refractivity contribution in [2.75, 3.05) is 32.4 Å². The Morgan fingerprint density at radius 1 is 1.33 bits per heavy atom. The maximum absolute atomic E-state index is 14.1. The van der Waals surface area contributed by atoms with Crippen LogP contribution in [-0.4, -0.2) is 53.6 Å². The minimum absolute atomic E-state index is 0.0305. The van der Waals surface area contributed by atoms with Gasteiger partial charge in [0.25, 0.3) is 5.92 Å². The first kappa shape index (κ1) is 14.5. The van der Waals surface area contributed by atoms with Crippen molar-refractivity contribution in [3.63, 3.8) is 0 Å². The van der Waals surface area contributed by atoms with Crippen LogP contribution < -0.4 is 0 Å². The summed E-state index contributed by atoms with van der Waals surface area (Å²) in [5, 5.41) is 0. The average Bonchev–Trinajstić information content (AvgIpc) is 2.19. The maximum Gasteiger partial charge on any atom is 0.263 e. The minimum atomic E-state index is -2.50. The second-order valence-corrected chi connectivity index (χ2v) is 6.91. The van der Waals surface area contributed by atoms with Gasteiger partial charge in [0.1, 0.15) is 0 Å². The highest BCUT2D eigenvalue weighted by Crippen LogP contribution is 2.38. The van der Waals surface area contributed by atoms with Crippen molar-refractivity contribution in [2.45, 2.75) is 38.7 Å². The van der Waals surface area contributed by atoms with Crippen LogP contribution >= 0.6 is 11.9 Å². The van der Waals surface area contributed by atoms with Crippen molar-refractivity contribution in [2.24, 2.45) is 11.8 Å². The van der Waals surface area contributed by atoms with Gasteiger partial charge in [-0.3, -0.25) is 4.90 Å². The number of hydrogen-bond acceptors (Lipinski definition) is 3. The Kier molecular flexibility index (Phi) is 4.55. The molecule has 2 fully saturated rings. The Morgan fingerprint density at radius 2 is 2.00 bits per heavy atom. The van der Waals surface area contributed by atoms with Crippen LogP contribution in [0.15, 0.2) is 0 Å². The molecule has 2 heterocycles. The Morgan fingerprint density at radius 3 is 2.50 bits per heavy atom. The summed E-state index contributed by atoms with van der Waals surface area (Å²) in [6.07, 6.45) is 3.35. The molecule has 1 unspecified atom stereocenters. The molecule has 0 spiro atoms. The Balaban J connectivity index is 1.86. The molecule has 0 aromatic heterocycles. The van der Waals surface area contributed by atoms with Gasteiger partial charge in [0.15, 0.2) is 0 Å². The van der Waals surface area contributed by atoms with E-state index < -0.39 is 11.8 Å². The van der Waals surface area contributed by atoms with Gasteiger partial charge in [0.05, 0.1) is 6.54 Å². The predicted octanol–water partition coefficient (Wildman–Crippen LogP) is 2.95. The lowest BCUT2D eigenvalue weighted by Gasteiger charge is -2.48. The van der Waals surface area contributed by atoms with Crippen LogP contribution in [0, 0.1) is 11.8 Å². The smallest absolute Gasteiger partial charge is 0.263 e. The van der Waals surface area contributed by atoms with Crippen LogP contribution in [0.4, 0.5) is 8.78 Å². The first-order chi connectivity index (χ1) is 8.42. The molecular weight excluding hydrogens is 254 g/mol. The zero-order chi connectivity index (χ0) is 13.3. The van der Waals surface area contributed by atoms with E-state index in [-0.39, 0.29) is 6.54 Å². The van der Waals surface area contributed by atoms with Crippen molar-refractivity contribution in [3.05, 3.63) is 0 Å². The second-order valence-electron chi connectivity index (χ2n) is 6.03. The Labute approximate surface area is 113 Å². The third kappa shape index (κ3) is 3.17. The standard InChI is InChI=1S/C13H24F2N2S/c1-10(2)6-11-4-5-16(9-13(11,14)15)12-7-17(8-12)18-3/h10-12H,4-9H2,1-3H3. The normalized spacial score (nSPS) is 30.7. The summed E-state index contributed by atoms with van der Waals surface area (Å²) >= 11 is 1.71. The van der Waals surface area contributed by atoms with Crippen LogP contribution in [0.25, 0.3) is 0 Å². The van der Waals surface area contributed by atoms with E-state index in [1.54, 1.807) is 11.9 Å². The molecule has 106 valence electrons. The van der Waals surface area contributed by atoms with E-state index in [0.29, 0.717) is 24.8 Å². The molecule has 0 aliphatic carbocycles. The molecule has 0 radical (unpaired) electrons. The SMILES string of the molecule is CSN1CC(N2CCC(CC(C)C)C(F)(F)C2)C1. The van der Waals surface area contributed by atoms with Crippen LogP contribution in [0.5, 0.6) is 0 Å². The topological polar surface area (TPSA) is 6.48 Å². The monoisotopic (exact) mass is 278 g/mol. The van der Waals surface area contributed by atoms with E-state index in [0.717, 1.165) is 19.6 Å². The molecule has 1 atom stereocenters. The first-order valence-corrected chi connectivity index (χ1v) is 8.01. The van der Waals surface area contributed by atoms with E-state index >= 15 is 0 Å². The third-order valence-corrected chi connectivity index (χ3v) is 4.95. The van der Waals surface area contributed by atoms with Gasteiger partial charge in [0, 0.05) is 25.0 Å². The zero-order valence-corrected chi connectivity index (χ0v) is 12.3. The fourth-order valence-corrected chi connectivity index (χ4v) is 3.62. The highest BCUT2D eigenvalue weighted by molar-refractivity contribution is 7.96. The molecule has 0 N–H and O–H groups in total. The molecule has 2 rings (SSSR count). The molecular formula is C13H24F2N2S. The van der Waals surface area contributed by atoms with Crippen LogP contribution in [-0.2, 0) is 0 Å². The number of halogens is 2. The van der Waals surface area contributed by atoms with E-state index in [2.05, 4.69) is 4.31 Å². The van der Waals surface area contributed by atoms with Crippen LogP contribution in [0.1, 0.15) is 26.7 Å². The lowest BCUT2D eigenvalue weighted by atomic mass is 9.85. The van der Waals surface area contributed by atoms with E-state index in [1.165, 1.54) is 0 Å². The number of nitrogens with zero attached hydrogens (tertiary/aromatic N) is 2. The van der Waals surface area contributed by atoms with Gasteiger partial charge in [-0.2, -0.15) is 0 Å². The number of rotatable bonds is 4. The molecule has 2 aliphatic heterocycles. The summed E-state index contributed by atoms with van der Waals surface area (Å²) in [7, 11) is 0. The molecule has 2 aliphatic rings. The van der Waals surface area contributed by atoms with Gasteiger partial charge in [0.2, 0.25) is 0 Å². The lowest BCUT2D eigenvalue weighted by Crippen LogP contribution is -2.62. The summed E-state index contributed by atoms with van der Waals surface area (Å²) in [4.78, 5) is 2.00. The second kappa shape index (κ2) is 5.63. The molecule has 0 aromatic rings.